The van der Waals surface area contributed by atoms with Gasteiger partial charge in [0.2, 0.25) is 5.88 Å². The molecule has 102 valence electrons. The molecule has 0 bridgehead atoms. The number of nitrogens with zero attached hydrogens (tertiary/aromatic N) is 2. The predicted octanol–water partition coefficient (Wildman–Crippen LogP) is 3.65. The first-order valence-corrected chi connectivity index (χ1v) is 7.21. The molecule has 0 unspecified atom stereocenters. The van der Waals surface area contributed by atoms with Gasteiger partial charge in [0.25, 0.3) is 0 Å². The number of aromatic nitrogens is 1. The molecule has 18 heavy (non-hydrogen) atoms. The lowest BCUT2D eigenvalue weighted by atomic mass is 10.2. The maximum Gasteiger partial charge on any atom is 0.216 e. The van der Waals surface area contributed by atoms with Crippen molar-refractivity contribution < 1.29 is 4.74 Å². The zero-order valence-corrected chi connectivity index (χ0v) is 13.5. The van der Waals surface area contributed by atoms with Crippen molar-refractivity contribution in [3.05, 3.63) is 22.3 Å². The molecule has 1 aromatic heterocycles. The zero-order valence-electron chi connectivity index (χ0n) is 11.9. The van der Waals surface area contributed by atoms with Crippen LogP contribution in [0.25, 0.3) is 0 Å². The number of hydrogen-bond acceptors (Lipinski definition) is 3. The molecule has 0 saturated carbocycles. The second-order valence-electron chi connectivity index (χ2n) is 5.05. The summed E-state index contributed by atoms with van der Waals surface area (Å²) in [6.07, 6.45) is 1.77. The quantitative estimate of drug-likeness (QED) is 0.801. The van der Waals surface area contributed by atoms with Crippen LogP contribution in [-0.2, 0) is 0 Å². The molecule has 0 aliphatic carbocycles. The Bertz CT molecular complexity index is 372. The Balaban J connectivity index is 2.50. The third kappa shape index (κ3) is 4.58. The number of hydrogen-bond donors (Lipinski definition) is 0. The summed E-state index contributed by atoms with van der Waals surface area (Å²) in [4.78, 5) is 6.69. The van der Waals surface area contributed by atoms with Crippen LogP contribution in [0.1, 0.15) is 33.3 Å². The van der Waals surface area contributed by atoms with Crippen LogP contribution in [0.2, 0.25) is 0 Å². The number of ether oxygens (including phenoxy) is 1. The highest BCUT2D eigenvalue weighted by atomic mass is 79.9. The van der Waals surface area contributed by atoms with Crippen molar-refractivity contribution in [3.8, 4) is 5.88 Å². The number of aryl methyl sites for hydroxylation is 1. The van der Waals surface area contributed by atoms with Crippen LogP contribution in [0.3, 0.4) is 0 Å². The molecule has 0 aliphatic rings. The van der Waals surface area contributed by atoms with Crippen LogP contribution in [0, 0.1) is 6.92 Å². The van der Waals surface area contributed by atoms with Gasteiger partial charge in [0, 0.05) is 34.9 Å². The molecule has 0 aromatic carbocycles. The molecule has 0 aliphatic heterocycles. The number of rotatable bonds is 6. The van der Waals surface area contributed by atoms with Crippen LogP contribution in [0.5, 0.6) is 5.88 Å². The van der Waals surface area contributed by atoms with E-state index in [1.165, 1.54) is 0 Å². The number of pyridine rings is 1. The minimum Gasteiger partial charge on any atom is -0.476 e. The molecule has 0 spiro atoms. The topological polar surface area (TPSA) is 25.4 Å². The van der Waals surface area contributed by atoms with Crippen LogP contribution < -0.4 is 4.74 Å². The van der Waals surface area contributed by atoms with E-state index in [4.69, 9.17) is 4.74 Å². The summed E-state index contributed by atoms with van der Waals surface area (Å²) in [5.74, 6) is 0.727. The van der Waals surface area contributed by atoms with Crippen LogP contribution in [0.4, 0.5) is 0 Å². The summed E-state index contributed by atoms with van der Waals surface area (Å²) in [5, 5.41) is 0. The molecule has 0 radical (unpaired) electrons. The molecule has 1 heterocycles. The first-order chi connectivity index (χ1) is 8.41. The molecule has 0 saturated heterocycles. The minimum atomic E-state index is 0.535. The van der Waals surface area contributed by atoms with Crippen molar-refractivity contribution >= 4 is 15.9 Å². The second kappa shape index (κ2) is 7.10. The summed E-state index contributed by atoms with van der Waals surface area (Å²) >= 11 is 3.40. The van der Waals surface area contributed by atoms with Crippen LogP contribution in [-0.4, -0.2) is 35.1 Å². The van der Waals surface area contributed by atoms with E-state index < -0.39 is 0 Å². The maximum absolute atomic E-state index is 5.75. The van der Waals surface area contributed by atoms with Crippen molar-refractivity contribution in [1.29, 1.82) is 0 Å². The van der Waals surface area contributed by atoms with E-state index in [1.54, 1.807) is 6.20 Å². The summed E-state index contributed by atoms with van der Waals surface area (Å²) in [7, 11) is 0. The monoisotopic (exact) mass is 314 g/mol. The third-order valence-corrected chi connectivity index (χ3v) is 3.35. The summed E-state index contributed by atoms with van der Waals surface area (Å²) in [6.45, 7) is 12.5. The number of halogens is 1. The first kappa shape index (κ1) is 15.4. The van der Waals surface area contributed by atoms with Crippen molar-refractivity contribution in [3.63, 3.8) is 0 Å². The average Bonchev–Trinajstić information content (AvgIpc) is 2.25. The van der Waals surface area contributed by atoms with Gasteiger partial charge in [0.15, 0.2) is 0 Å². The van der Waals surface area contributed by atoms with Crippen molar-refractivity contribution in [2.75, 3.05) is 13.2 Å². The second-order valence-corrected chi connectivity index (χ2v) is 5.97. The fourth-order valence-electron chi connectivity index (χ4n) is 2.04. The van der Waals surface area contributed by atoms with Crippen molar-refractivity contribution in [2.24, 2.45) is 0 Å². The third-order valence-electron chi connectivity index (χ3n) is 2.91. The van der Waals surface area contributed by atoms with E-state index in [9.17, 15) is 0 Å². The van der Waals surface area contributed by atoms with E-state index in [0.717, 1.165) is 22.5 Å². The predicted molar refractivity (Wildman–Crippen MR) is 79.1 cm³/mol. The van der Waals surface area contributed by atoms with E-state index in [1.807, 2.05) is 13.0 Å². The molecule has 0 N–H and O–H groups in total. The summed E-state index contributed by atoms with van der Waals surface area (Å²) < 4.78 is 6.73. The molecular weight excluding hydrogens is 292 g/mol. The van der Waals surface area contributed by atoms with Gasteiger partial charge in [-0.1, -0.05) is 0 Å². The maximum atomic E-state index is 5.75. The standard InChI is InChI=1S/C14H23BrN2O/c1-10(2)17(11(3)4)6-7-18-14-12(5)8-13(15)9-16-14/h8-11H,6-7H2,1-5H3. The molecule has 1 rings (SSSR count). The molecule has 3 nitrogen and oxygen atoms in total. The Hall–Kier alpha value is -0.610. The Labute approximate surface area is 119 Å². The van der Waals surface area contributed by atoms with Gasteiger partial charge in [-0.2, -0.15) is 0 Å². The van der Waals surface area contributed by atoms with Crippen molar-refractivity contribution in [2.45, 2.75) is 46.7 Å². The SMILES string of the molecule is Cc1cc(Br)cnc1OCCN(C(C)C)C(C)C. The lowest BCUT2D eigenvalue weighted by Gasteiger charge is -2.30. The largest absolute Gasteiger partial charge is 0.476 e. The molecule has 4 heteroatoms. The summed E-state index contributed by atoms with van der Waals surface area (Å²) in [6, 6.07) is 3.09. The van der Waals surface area contributed by atoms with Gasteiger partial charge in [0.05, 0.1) is 0 Å². The normalized spacial score (nSPS) is 11.6. The van der Waals surface area contributed by atoms with Gasteiger partial charge < -0.3 is 4.74 Å². The summed E-state index contributed by atoms with van der Waals surface area (Å²) in [5.41, 5.74) is 1.06. The van der Waals surface area contributed by atoms with Crippen LogP contribution in [0.15, 0.2) is 16.7 Å². The zero-order chi connectivity index (χ0) is 13.7. The molecule has 0 amide bonds. The first-order valence-electron chi connectivity index (χ1n) is 6.42. The Kier molecular flexibility index (Phi) is 6.09. The van der Waals surface area contributed by atoms with E-state index >= 15 is 0 Å². The Morgan fingerprint density at radius 2 is 1.89 bits per heavy atom. The molecular formula is C14H23BrN2O. The van der Waals surface area contributed by atoms with Gasteiger partial charge >= 0.3 is 0 Å². The molecule has 0 atom stereocenters. The lowest BCUT2D eigenvalue weighted by molar-refractivity contribution is 0.140. The van der Waals surface area contributed by atoms with E-state index in [0.29, 0.717) is 18.7 Å². The fourth-order valence-corrected chi connectivity index (χ4v) is 2.49. The van der Waals surface area contributed by atoms with Gasteiger partial charge in [-0.25, -0.2) is 4.98 Å². The van der Waals surface area contributed by atoms with Crippen LogP contribution >= 0.6 is 15.9 Å². The van der Waals surface area contributed by atoms with Gasteiger partial charge in [0.1, 0.15) is 6.61 Å². The van der Waals surface area contributed by atoms with Gasteiger partial charge in [-0.05, 0) is 56.6 Å². The lowest BCUT2D eigenvalue weighted by Crippen LogP contribution is -2.39. The molecule has 1 aromatic rings. The molecule has 0 fully saturated rings. The Morgan fingerprint density at radius 3 is 2.39 bits per heavy atom. The highest BCUT2D eigenvalue weighted by molar-refractivity contribution is 9.10. The van der Waals surface area contributed by atoms with Crippen molar-refractivity contribution in [1.82, 2.24) is 9.88 Å². The highest BCUT2D eigenvalue weighted by Gasteiger charge is 2.13. The minimum absolute atomic E-state index is 0.535. The Morgan fingerprint density at radius 1 is 1.28 bits per heavy atom. The fraction of sp³-hybridized carbons (Fsp3) is 0.643. The average molecular weight is 315 g/mol. The smallest absolute Gasteiger partial charge is 0.216 e. The van der Waals surface area contributed by atoms with Gasteiger partial charge in [-0.3, -0.25) is 4.90 Å². The highest BCUT2D eigenvalue weighted by Crippen LogP contribution is 2.18. The van der Waals surface area contributed by atoms with Gasteiger partial charge in [-0.15, -0.1) is 0 Å². The van der Waals surface area contributed by atoms with E-state index in [-0.39, 0.29) is 0 Å². The van der Waals surface area contributed by atoms with E-state index in [2.05, 4.69) is 53.5 Å².